The SMILES string of the molecule is Nc1ccc(C2CCCO2)nc1Cl. The quantitative estimate of drug-likeness (QED) is 0.704. The maximum Gasteiger partial charge on any atom is 0.152 e. The Morgan fingerprint density at radius 2 is 2.38 bits per heavy atom. The maximum atomic E-state index is 5.80. The molecule has 2 rings (SSSR count). The Kier molecular flexibility index (Phi) is 2.38. The summed E-state index contributed by atoms with van der Waals surface area (Å²) in [5, 5.41) is 0.369. The highest BCUT2D eigenvalue weighted by Gasteiger charge is 2.19. The lowest BCUT2D eigenvalue weighted by molar-refractivity contribution is 0.108. The number of ether oxygens (including phenoxy) is 1. The van der Waals surface area contributed by atoms with E-state index in [0.29, 0.717) is 10.8 Å². The van der Waals surface area contributed by atoms with E-state index in [1.807, 2.05) is 6.07 Å². The van der Waals surface area contributed by atoms with Gasteiger partial charge < -0.3 is 10.5 Å². The molecule has 0 aromatic carbocycles. The van der Waals surface area contributed by atoms with Crippen molar-refractivity contribution >= 4 is 17.3 Å². The average molecular weight is 199 g/mol. The molecule has 1 fully saturated rings. The van der Waals surface area contributed by atoms with Crippen LogP contribution in [0.4, 0.5) is 5.69 Å². The first-order valence-electron chi connectivity index (χ1n) is 4.31. The van der Waals surface area contributed by atoms with Gasteiger partial charge in [-0.3, -0.25) is 0 Å². The van der Waals surface area contributed by atoms with Crippen molar-refractivity contribution in [2.45, 2.75) is 18.9 Å². The van der Waals surface area contributed by atoms with Gasteiger partial charge >= 0.3 is 0 Å². The van der Waals surface area contributed by atoms with Gasteiger partial charge in [0, 0.05) is 6.61 Å². The molecule has 2 heterocycles. The molecule has 1 saturated heterocycles. The molecule has 3 nitrogen and oxygen atoms in total. The topological polar surface area (TPSA) is 48.1 Å². The van der Waals surface area contributed by atoms with Crippen LogP contribution in [0.15, 0.2) is 12.1 Å². The number of nitrogen functional groups attached to an aromatic ring is 1. The molecule has 0 amide bonds. The second kappa shape index (κ2) is 3.52. The molecule has 1 aliphatic heterocycles. The molecule has 13 heavy (non-hydrogen) atoms. The van der Waals surface area contributed by atoms with E-state index in [1.165, 1.54) is 0 Å². The zero-order valence-electron chi connectivity index (χ0n) is 7.16. The zero-order valence-corrected chi connectivity index (χ0v) is 7.92. The highest BCUT2D eigenvalue weighted by atomic mass is 35.5. The van der Waals surface area contributed by atoms with Crippen LogP contribution in [-0.2, 0) is 4.74 Å². The normalized spacial score (nSPS) is 22.1. The van der Waals surface area contributed by atoms with E-state index in [2.05, 4.69) is 4.98 Å². The van der Waals surface area contributed by atoms with E-state index in [-0.39, 0.29) is 6.10 Å². The summed E-state index contributed by atoms with van der Waals surface area (Å²) in [5.41, 5.74) is 6.96. The summed E-state index contributed by atoms with van der Waals surface area (Å²) in [4.78, 5) is 4.17. The highest BCUT2D eigenvalue weighted by molar-refractivity contribution is 6.31. The molecule has 0 aliphatic carbocycles. The molecular formula is C9H11ClN2O. The van der Waals surface area contributed by atoms with Gasteiger partial charge in [0.2, 0.25) is 0 Å². The summed E-state index contributed by atoms with van der Waals surface area (Å²) in [6.07, 6.45) is 2.22. The number of nitrogens with two attached hydrogens (primary N) is 1. The zero-order chi connectivity index (χ0) is 9.26. The maximum absolute atomic E-state index is 5.80. The van der Waals surface area contributed by atoms with Crippen LogP contribution < -0.4 is 5.73 Å². The summed E-state index contributed by atoms with van der Waals surface area (Å²) in [6.45, 7) is 0.814. The molecule has 1 unspecified atom stereocenters. The lowest BCUT2D eigenvalue weighted by Crippen LogP contribution is -2.00. The Morgan fingerprint density at radius 3 is 3.00 bits per heavy atom. The molecule has 2 N–H and O–H groups in total. The van der Waals surface area contributed by atoms with Gasteiger partial charge in [-0.1, -0.05) is 11.6 Å². The molecular weight excluding hydrogens is 188 g/mol. The Labute approximate surface area is 81.9 Å². The highest BCUT2D eigenvalue weighted by Crippen LogP contribution is 2.29. The number of anilines is 1. The number of hydrogen-bond acceptors (Lipinski definition) is 3. The van der Waals surface area contributed by atoms with Crippen molar-refractivity contribution in [2.24, 2.45) is 0 Å². The summed E-state index contributed by atoms with van der Waals surface area (Å²) in [6, 6.07) is 3.64. The van der Waals surface area contributed by atoms with Crippen molar-refractivity contribution < 1.29 is 4.74 Å². The number of rotatable bonds is 1. The Bertz CT molecular complexity index is 310. The van der Waals surface area contributed by atoms with E-state index >= 15 is 0 Å². The number of nitrogens with zero attached hydrogens (tertiary/aromatic N) is 1. The van der Waals surface area contributed by atoms with Crippen molar-refractivity contribution in [1.82, 2.24) is 4.98 Å². The molecule has 1 aromatic heterocycles. The predicted octanol–water partition coefficient (Wildman–Crippen LogP) is 2.17. The smallest absolute Gasteiger partial charge is 0.152 e. The van der Waals surface area contributed by atoms with E-state index < -0.39 is 0 Å². The van der Waals surface area contributed by atoms with Crippen LogP contribution in [0.3, 0.4) is 0 Å². The minimum atomic E-state index is 0.109. The molecule has 0 radical (unpaired) electrons. The average Bonchev–Trinajstić information content (AvgIpc) is 2.62. The fourth-order valence-corrected chi connectivity index (χ4v) is 1.61. The molecule has 1 atom stereocenters. The van der Waals surface area contributed by atoms with E-state index in [4.69, 9.17) is 22.1 Å². The first kappa shape index (κ1) is 8.78. The van der Waals surface area contributed by atoms with E-state index in [9.17, 15) is 0 Å². The predicted molar refractivity (Wildman–Crippen MR) is 51.6 cm³/mol. The number of aromatic nitrogens is 1. The Hall–Kier alpha value is -0.800. The van der Waals surface area contributed by atoms with Gasteiger partial charge in [0.05, 0.1) is 17.5 Å². The third-order valence-corrected chi connectivity index (χ3v) is 2.46. The molecule has 1 aliphatic rings. The van der Waals surface area contributed by atoms with Gasteiger partial charge in [-0.2, -0.15) is 0 Å². The van der Waals surface area contributed by atoms with Gasteiger partial charge in [-0.15, -0.1) is 0 Å². The molecule has 0 saturated carbocycles. The fourth-order valence-electron chi connectivity index (χ4n) is 1.45. The summed E-state index contributed by atoms with van der Waals surface area (Å²) >= 11 is 5.80. The van der Waals surface area contributed by atoms with Crippen LogP contribution >= 0.6 is 11.6 Å². The van der Waals surface area contributed by atoms with Crippen LogP contribution in [0, 0.1) is 0 Å². The second-order valence-corrected chi connectivity index (χ2v) is 3.48. The lowest BCUT2D eigenvalue weighted by atomic mass is 10.1. The molecule has 4 heteroatoms. The minimum absolute atomic E-state index is 0.109. The number of pyridine rings is 1. The summed E-state index contributed by atoms with van der Waals surface area (Å²) in [7, 11) is 0. The van der Waals surface area contributed by atoms with Gasteiger partial charge in [0.15, 0.2) is 5.15 Å². The molecule has 0 spiro atoms. The van der Waals surface area contributed by atoms with E-state index in [1.54, 1.807) is 6.07 Å². The lowest BCUT2D eigenvalue weighted by Gasteiger charge is -2.09. The van der Waals surface area contributed by atoms with Crippen molar-refractivity contribution in [3.63, 3.8) is 0 Å². The van der Waals surface area contributed by atoms with Crippen LogP contribution in [0.25, 0.3) is 0 Å². The second-order valence-electron chi connectivity index (χ2n) is 3.12. The van der Waals surface area contributed by atoms with Crippen LogP contribution in [0.1, 0.15) is 24.6 Å². The first-order chi connectivity index (χ1) is 6.27. The molecule has 0 bridgehead atoms. The minimum Gasteiger partial charge on any atom is -0.396 e. The molecule has 1 aromatic rings. The standard InChI is InChI=1S/C9H11ClN2O/c10-9-6(11)3-4-7(12-9)8-2-1-5-13-8/h3-4,8H,1-2,5,11H2. The number of halogens is 1. The summed E-state index contributed by atoms with van der Waals surface area (Å²) in [5.74, 6) is 0. The Balaban J connectivity index is 2.25. The fraction of sp³-hybridized carbons (Fsp3) is 0.444. The van der Waals surface area contributed by atoms with E-state index in [0.717, 1.165) is 25.1 Å². The third-order valence-electron chi connectivity index (χ3n) is 2.16. The third kappa shape index (κ3) is 1.76. The van der Waals surface area contributed by atoms with Gasteiger partial charge in [-0.05, 0) is 25.0 Å². The van der Waals surface area contributed by atoms with Crippen LogP contribution in [-0.4, -0.2) is 11.6 Å². The van der Waals surface area contributed by atoms with Crippen molar-refractivity contribution in [3.8, 4) is 0 Å². The largest absolute Gasteiger partial charge is 0.396 e. The van der Waals surface area contributed by atoms with Crippen molar-refractivity contribution in [1.29, 1.82) is 0 Å². The monoisotopic (exact) mass is 198 g/mol. The van der Waals surface area contributed by atoms with Crippen molar-refractivity contribution in [3.05, 3.63) is 23.0 Å². The summed E-state index contributed by atoms with van der Waals surface area (Å²) < 4.78 is 5.47. The molecule has 70 valence electrons. The van der Waals surface area contributed by atoms with Gasteiger partial charge in [0.25, 0.3) is 0 Å². The van der Waals surface area contributed by atoms with Crippen LogP contribution in [0.5, 0.6) is 0 Å². The van der Waals surface area contributed by atoms with Crippen molar-refractivity contribution in [2.75, 3.05) is 12.3 Å². The Morgan fingerprint density at radius 1 is 1.54 bits per heavy atom. The van der Waals surface area contributed by atoms with Gasteiger partial charge in [-0.25, -0.2) is 4.98 Å². The first-order valence-corrected chi connectivity index (χ1v) is 4.68. The van der Waals surface area contributed by atoms with Gasteiger partial charge in [0.1, 0.15) is 0 Å². The van der Waals surface area contributed by atoms with Crippen LogP contribution in [0.2, 0.25) is 5.15 Å². The number of hydrogen-bond donors (Lipinski definition) is 1.